The Labute approximate surface area is 98.9 Å². The van der Waals surface area contributed by atoms with Gasteiger partial charge < -0.3 is 5.11 Å². The highest BCUT2D eigenvalue weighted by atomic mass is 16.3. The van der Waals surface area contributed by atoms with Gasteiger partial charge in [0, 0.05) is 0 Å². The molecule has 2 saturated carbocycles. The SMILES string of the molecule is C[C@@H]1[C@H](O)CC=C2CC[C@H]3[C@H](C3(C)C)[C@@]21C. The van der Waals surface area contributed by atoms with Crippen molar-refractivity contribution in [3.8, 4) is 0 Å². The van der Waals surface area contributed by atoms with Crippen LogP contribution in [0.25, 0.3) is 0 Å². The summed E-state index contributed by atoms with van der Waals surface area (Å²) in [4.78, 5) is 0. The molecule has 3 aliphatic rings. The molecule has 0 aromatic heterocycles. The molecule has 0 amide bonds. The van der Waals surface area contributed by atoms with Crippen LogP contribution >= 0.6 is 0 Å². The number of fused-ring (bicyclic) bond motifs is 3. The smallest absolute Gasteiger partial charge is 0.0608 e. The summed E-state index contributed by atoms with van der Waals surface area (Å²) in [7, 11) is 0. The molecule has 0 aliphatic heterocycles. The van der Waals surface area contributed by atoms with Crippen molar-refractivity contribution in [1.82, 2.24) is 0 Å². The first kappa shape index (κ1) is 10.8. The lowest BCUT2D eigenvalue weighted by Gasteiger charge is -2.47. The summed E-state index contributed by atoms with van der Waals surface area (Å²) in [6.07, 6.45) is 5.75. The molecule has 0 spiro atoms. The van der Waals surface area contributed by atoms with Crippen molar-refractivity contribution in [2.75, 3.05) is 0 Å². The maximum atomic E-state index is 10.1. The summed E-state index contributed by atoms with van der Waals surface area (Å²) < 4.78 is 0. The van der Waals surface area contributed by atoms with Gasteiger partial charge in [-0.05, 0) is 47.8 Å². The Kier molecular flexibility index (Phi) is 1.98. The number of aliphatic hydroxyl groups is 1. The quantitative estimate of drug-likeness (QED) is 0.620. The van der Waals surface area contributed by atoms with Gasteiger partial charge in [-0.2, -0.15) is 0 Å². The molecule has 0 bridgehead atoms. The first-order valence-corrected chi connectivity index (χ1v) is 6.77. The molecule has 16 heavy (non-hydrogen) atoms. The number of allylic oxidation sites excluding steroid dienone is 1. The molecular formula is C15H24O. The van der Waals surface area contributed by atoms with Crippen molar-refractivity contribution in [2.45, 2.75) is 53.1 Å². The second-order valence-corrected chi connectivity index (χ2v) is 7.05. The molecule has 0 unspecified atom stereocenters. The third kappa shape index (κ3) is 1.06. The van der Waals surface area contributed by atoms with Gasteiger partial charge in [0.25, 0.3) is 0 Å². The largest absolute Gasteiger partial charge is 0.392 e. The van der Waals surface area contributed by atoms with E-state index < -0.39 is 0 Å². The monoisotopic (exact) mass is 220 g/mol. The average Bonchev–Trinajstić information content (AvgIpc) is 2.78. The van der Waals surface area contributed by atoms with Gasteiger partial charge in [-0.1, -0.05) is 39.3 Å². The van der Waals surface area contributed by atoms with Gasteiger partial charge in [-0.25, -0.2) is 0 Å². The van der Waals surface area contributed by atoms with E-state index in [2.05, 4.69) is 33.8 Å². The molecule has 3 aliphatic carbocycles. The normalized spacial score (nSPS) is 53.7. The van der Waals surface area contributed by atoms with Gasteiger partial charge in [0.2, 0.25) is 0 Å². The van der Waals surface area contributed by atoms with Crippen LogP contribution in [0.3, 0.4) is 0 Å². The predicted octanol–water partition coefficient (Wildman–Crippen LogP) is 3.39. The van der Waals surface area contributed by atoms with Gasteiger partial charge in [0.05, 0.1) is 6.10 Å². The minimum Gasteiger partial charge on any atom is -0.392 e. The molecule has 0 saturated heterocycles. The molecule has 90 valence electrons. The summed E-state index contributed by atoms with van der Waals surface area (Å²) >= 11 is 0. The summed E-state index contributed by atoms with van der Waals surface area (Å²) in [6, 6.07) is 0. The predicted molar refractivity (Wildman–Crippen MR) is 66.0 cm³/mol. The van der Waals surface area contributed by atoms with Crippen LogP contribution in [-0.4, -0.2) is 11.2 Å². The van der Waals surface area contributed by atoms with E-state index in [1.54, 1.807) is 5.57 Å². The van der Waals surface area contributed by atoms with Crippen LogP contribution in [0, 0.1) is 28.6 Å². The van der Waals surface area contributed by atoms with Crippen molar-refractivity contribution >= 4 is 0 Å². The maximum Gasteiger partial charge on any atom is 0.0608 e. The first-order valence-electron chi connectivity index (χ1n) is 6.77. The summed E-state index contributed by atoms with van der Waals surface area (Å²) in [5.41, 5.74) is 2.44. The average molecular weight is 220 g/mol. The third-order valence-corrected chi connectivity index (χ3v) is 6.24. The van der Waals surface area contributed by atoms with E-state index in [9.17, 15) is 5.11 Å². The van der Waals surface area contributed by atoms with Crippen molar-refractivity contribution in [1.29, 1.82) is 0 Å². The topological polar surface area (TPSA) is 20.2 Å². The Balaban J connectivity index is 2.04. The third-order valence-electron chi connectivity index (χ3n) is 6.24. The van der Waals surface area contributed by atoms with E-state index in [0.717, 1.165) is 18.3 Å². The lowest BCUT2D eigenvalue weighted by Crippen LogP contribution is -2.43. The summed E-state index contributed by atoms with van der Waals surface area (Å²) in [6.45, 7) is 9.51. The Morgan fingerprint density at radius 2 is 2.00 bits per heavy atom. The molecule has 1 nitrogen and oxygen atoms in total. The molecule has 2 fully saturated rings. The lowest BCUT2D eigenvalue weighted by atomic mass is 9.59. The Bertz CT molecular complexity index is 354. The Morgan fingerprint density at radius 1 is 1.31 bits per heavy atom. The van der Waals surface area contributed by atoms with Crippen LogP contribution in [0.1, 0.15) is 47.0 Å². The van der Waals surface area contributed by atoms with Crippen LogP contribution in [-0.2, 0) is 0 Å². The van der Waals surface area contributed by atoms with Gasteiger partial charge >= 0.3 is 0 Å². The molecule has 0 aromatic carbocycles. The molecule has 1 heteroatoms. The fourth-order valence-corrected chi connectivity index (χ4v) is 5.02. The van der Waals surface area contributed by atoms with Gasteiger partial charge in [-0.15, -0.1) is 0 Å². The van der Waals surface area contributed by atoms with Crippen LogP contribution in [0.4, 0.5) is 0 Å². The van der Waals surface area contributed by atoms with Crippen molar-refractivity contribution in [2.24, 2.45) is 28.6 Å². The highest BCUT2D eigenvalue weighted by molar-refractivity contribution is 5.32. The molecule has 0 aromatic rings. The standard InChI is InChI=1S/C15H24O/c1-9-12(16)8-6-10-5-7-11-13(14(11,2)3)15(9,10)4/h6,9,11-13,16H,5,7-8H2,1-4H3/t9-,11+,12-,13-,15-/m1/s1. The number of rotatable bonds is 0. The minimum atomic E-state index is -0.121. The molecule has 5 atom stereocenters. The molecule has 0 radical (unpaired) electrons. The van der Waals surface area contributed by atoms with Crippen molar-refractivity contribution in [3.05, 3.63) is 11.6 Å². The Hall–Kier alpha value is -0.300. The second-order valence-electron chi connectivity index (χ2n) is 7.05. The lowest BCUT2D eigenvalue weighted by molar-refractivity contribution is 0.0193. The fourth-order valence-electron chi connectivity index (χ4n) is 5.02. The van der Waals surface area contributed by atoms with Crippen molar-refractivity contribution in [3.63, 3.8) is 0 Å². The van der Waals surface area contributed by atoms with Gasteiger partial charge in [-0.3, -0.25) is 0 Å². The highest BCUT2D eigenvalue weighted by Gasteiger charge is 2.69. The van der Waals surface area contributed by atoms with Crippen LogP contribution in [0.15, 0.2) is 11.6 Å². The minimum absolute atomic E-state index is 0.121. The Morgan fingerprint density at radius 3 is 2.69 bits per heavy atom. The molecule has 1 N–H and O–H groups in total. The van der Waals surface area contributed by atoms with E-state index in [0.29, 0.717) is 11.3 Å². The highest BCUT2D eigenvalue weighted by Crippen LogP contribution is 2.74. The van der Waals surface area contributed by atoms with E-state index in [4.69, 9.17) is 0 Å². The van der Waals surface area contributed by atoms with Gasteiger partial charge in [0.1, 0.15) is 0 Å². The molecular weight excluding hydrogens is 196 g/mol. The number of hydrogen-bond acceptors (Lipinski definition) is 1. The zero-order chi connectivity index (χ0) is 11.7. The zero-order valence-electron chi connectivity index (χ0n) is 11.0. The zero-order valence-corrected chi connectivity index (χ0v) is 11.0. The molecule has 0 heterocycles. The van der Waals surface area contributed by atoms with Crippen LogP contribution in [0.5, 0.6) is 0 Å². The fraction of sp³-hybridized carbons (Fsp3) is 0.867. The first-order chi connectivity index (χ1) is 7.40. The van der Waals surface area contributed by atoms with E-state index in [1.807, 2.05) is 0 Å². The second kappa shape index (κ2) is 2.93. The summed E-state index contributed by atoms with van der Waals surface area (Å²) in [5.74, 6) is 2.15. The van der Waals surface area contributed by atoms with Crippen LogP contribution < -0.4 is 0 Å². The van der Waals surface area contributed by atoms with E-state index >= 15 is 0 Å². The van der Waals surface area contributed by atoms with E-state index in [1.165, 1.54) is 12.8 Å². The summed E-state index contributed by atoms with van der Waals surface area (Å²) in [5, 5.41) is 10.1. The van der Waals surface area contributed by atoms with Crippen molar-refractivity contribution < 1.29 is 5.11 Å². The number of hydrogen-bond donors (Lipinski definition) is 1. The van der Waals surface area contributed by atoms with Crippen LogP contribution in [0.2, 0.25) is 0 Å². The number of aliphatic hydroxyl groups excluding tert-OH is 1. The van der Waals surface area contributed by atoms with Gasteiger partial charge in [0.15, 0.2) is 0 Å². The molecule has 3 rings (SSSR count). The maximum absolute atomic E-state index is 10.1. The van der Waals surface area contributed by atoms with E-state index in [-0.39, 0.29) is 11.5 Å².